The van der Waals surface area contributed by atoms with Crippen LogP contribution in [0.3, 0.4) is 0 Å². The summed E-state index contributed by atoms with van der Waals surface area (Å²) in [6.45, 7) is -0.193. The summed E-state index contributed by atoms with van der Waals surface area (Å²) in [5.74, 6) is -2.10. The Kier molecular flexibility index (Phi) is 4.36. The standard InChI is InChI=1S/C16H18O7/c1-20-14(17)12-7-21-13-8-23-16(19)10-5-3-2-4-9(10)15(18)22-6-11(12)13/h7,9-10H,2-6,8H2,1H3/t9-,10-/m1/s1. The number of esters is 3. The number of cyclic esters (lactones) is 2. The minimum Gasteiger partial charge on any atom is -0.465 e. The van der Waals surface area contributed by atoms with Crippen molar-refractivity contribution in [3.05, 3.63) is 23.2 Å². The summed E-state index contributed by atoms with van der Waals surface area (Å²) in [7, 11) is 1.25. The quantitative estimate of drug-likeness (QED) is 0.576. The highest BCUT2D eigenvalue weighted by Gasteiger charge is 2.39. The maximum Gasteiger partial charge on any atom is 0.341 e. The largest absolute Gasteiger partial charge is 0.465 e. The Labute approximate surface area is 132 Å². The van der Waals surface area contributed by atoms with Gasteiger partial charge in [0.05, 0.1) is 18.9 Å². The molecule has 1 fully saturated rings. The van der Waals surface area contributed by atoms with Crippen molar-refractivity contribution in [3.8, 4) is 0 Å². The summed E-state index contributed by atoms with van der Waals surface area (Å²) < 4.78 is 20.6. The number of hydrogen-bond acceptors (Lipinski definition) is 7. The molecule has 7 nitrogen and oxygen atoms in total. The van der Waals surface area contributed by atoms with Gasteiger partial charge >= 0.3 is 17.9 Å². The first kappa shape index (κ1) is 15.6. The number of hydrogen-bond donors (Lipinski definition) is 0. The minimum atomic E-state index is -0.593. The SMILES string of the molecule is COC(=O)c1coc2c1COC(=O)[C@@H]1CCCC[C@H]1C(=O)OC2. The molecule has 2 aliphatic rings. The lowest BCUT2D eigenvalue weighted by molar-refractivity contribution is -0.165. The molecule has 1 aromatic rings. The van der Waals surface area contributed by atoms with E-state index >= 15 is 0 Å². The Balaban J connectivity index is 1.90. The lowest BCUT2D eigenvalue weighted by Crippen LogP contribution is -2.35. The predicted octanol–water partition coefficient (Wildman–Crippen LogP) is 1.97. The number of ether oxygens (including phenoxy) is 3. The Morgan fingerprint density at radius 3 is 2.30 bits per heavy atom. The molecule has 2 atom stereocenters. The second-order valence-corrected chi connectivity index (χ2v) is 5.76. The van der Waals surface area contributed by atoms with Crippen molar-refractivity contribution in [2.24, 2.45) is 11.8 Å². The van der Waals surface area contributed by atoms with Crippen LogP contribution in [0.15, 0.2) is 10.7 Å². The van der Waals surface area contributed by atoms with Crippen LogP contribution in [0.2, 0.25) is 0 Å². The number of rotatable bonds is 1. The minimum absolute atomic E-state index is 0.0913. The van der Waals surface area contributed by atoms with E-state index in [0.29, 0.717) is 24.2 Å². The average molecular weight is 322 g/mol. The zero-order chi connectivity index (χ0) is 16.4. The van der Waals surface area contributed by atoms with Crippen LogP contribution >= 0.6 is 0 Å². The highest BCUT2D eigenvalue weighted by molar-refractivity contribution is 5.91. The third-order valence-corrected chi connectivity index (χ3v) is 4.46. The predicted molar refractivity (Wildman–Crippen MR) is 75.1 cm³/mol. The second kappa shape index (κ2) is 6.44. The molecule has 3 rings (SSSR count). The molecule has 1 aliphatic carbocycles. The van der Waals surface area contributed by atoms with E-state index in [-0.39, 0.29) is 18.8 Å². The zero-order valence-corrected chi connectivity index (χ0v) is 12.8. The molecule has 2 heterocycles. The van der Waals surface area contributed by atoms with Crippen LogP contribution < -0.4 is 0 Å². The summed E-state index contributed by atoms with van der Waals surface area (Å²) in [4.78, 5) is 36.3. The Hall–Kier alpha value is -2.31. The molecule has 124 valence electrons. The topological polar surface area (TPSA) is 92.0 Å². The molecule has 1 aliphatic heterocycles. The number of fused-ring (bicyclic) bond motifs is 2. The van der Waals surface area contributed by atoms with Crippen LogP contribution in [-0.4, -0.2) is 25.0 Å². The van der Waals surface area contributed by atoms with Crippen molar-refractivity contribution < 1.29 is 33.0 Å². The van der Waals surface area contributed by atoms with E-state index in [9.17, 15) is 14.4 Å². The first-order valence-corrected chi connectivity index (χ1v) is 7.62. The maximum atomic E-state index is 12.3. The van der Waals surface area contributed by atoms with E-state index in [2.05, 4.69) is 4.74 Å². The average Bonchev–Trinajstić information content (AvgIpc) is 2.99. The fraction of sp³-hybridized carbons (Fsp3) is 0.562. The number of furan rings is 1. The molecule has 0 bridgehead atoms. The van der Waals surface area contributed by atoms with Crippen LogP contribution in [0.1, 0.15) is 47.4 Å². The zero-order valence-electron chi connectivity index (χ0n) is 12.8. The van der Waals surface area contributed by atoms with Crippen LogP contribution in [-0.2, 0) is 37.0 Å². The number of carbonyl (C=O) groups excluding carboxylic acids is 3. The van der Waals surface area contributed by atoms with Gasteiger partial charge in [-0.3, -0.25) is 9.59 Å². The smallest absolute Gasteiger partial charge is 0.341 e. The number of methoxy groups -OCH3 is 1. The third kappa shape index (κ3) is 2.95. The van der Waals surface area contributed by atoms with Crippen molar-refractivity contribution in [3.63, 3.8) is 0 Å². The first-order valence-electron chi connectivity index (χ1n) is 7.62. The van der Waals surface area contributed by atoms with Crippen LogP contribution in [0.4, 0.5) is 0 Å². The molecule has 0 N–H and O–H groups in total. The molecule has 0 aromatic carbocycles. The summed E-state index contributed by atoms with van der Waals surface area (Å²) in [5.41, 5.74) is 0.555. The maximum absolute atomic E-state index is 12.3. The molecule has 0 spiro atoms. The molecule has 0 amide bonds. The van der Waals surface area contributed by atoms with Crippen LogP contribution in [0.25, 0.3) is 0 Å². The summed E-state index contributed by atoms with van der Waals surface area (Å²) in [6, 6.07) is 0. The molecule has 7 heteroatoms. The Morgan fingerprint density at radius 2 is 1.70 bits per heavy atom. The van der Waals surface area contributed by atoms with Gasteiger partial charge < -0.3 is 18.6 Å². The van der Waals surface area contributed by atoms with Gasteiger partial charge in [-0.2, -0.15) is 0 Å². The normalized spacial score (nSPS) is 24.7. The molecule has 1 aromatic heterocycles. The molecule has 23 heavy (non-hydrogen) atoms. The summed E-state index contributed by atoms with van der Waals surface area (Å²) in [6.07, 6.45) is 4.23. The summed E-state index contributed by atoms with van der Waals surface area (Å²) >= 11 is 0. The van der Waals surface area contributed by atoms with Gasteiger partial charge in [0.25, 0.3) is 0 Å². The van der Waals surface area contributed by atoms with Crippen molar-refractivity contribution in [2.45, 2.75) is 38.9 Å². The van der Waals surface area contributed by atoms with E-state index in [1.165, 1.54) is 13.4 Å². The highest BCUT2D eigenvalue weighted by Crippen LogP contribution is 2.34. The van der Waals surface area contributed by atoms with E-state index in [1.807, 2.05) is 0 Å². The van der Waals surface area contributed by atoms with Crippen molar-refractivity contribution >= 4 is 17.9 Å². The fourth-order valence-electron chi connectivity index (χ4n) is 3.17. The van der Waals surface area contributed by atoms with Gasteiger partial charge in [-0.15, -0.1) is 0 Å². The highest BCUT2D eigenvalue weighted by atomic mass is 16.6. The lowest BCUT2D eigenvalue weighted by Gasteiger charge is -2.28. The van der Waals surface area contributed by atoms with E-state index in [4.69, 9.17) is 13.9 Å². The van der Waals surface area contributed by atoms with E-state index in [1.54, 1.807) is 0 Å². The third-order valence-electron chi connectivity index (χ3n) is 4.46. The molecular formula is C16H18O7. The van der Waals surface area contributed by atoms with E-state index < -0.39 is 29.7 Å². The lowest BCUT2D eigenvalue weighted by atomic mass is 9.79. The Bertz CT molecular complexity index is 630. The van der Waals surface area contributed by atoms with Gasteiger partial charge in [0.1, 0.15) is 30.8 Å². The second-order valence-electron chi connectivity index (χ2n) is 5.76. The van der Waals surface area contributed by atoms with Crippen molar-refractivity contribution in [2.75, 3.05) is 7.11 Å². The van der Waals surface area contributed by atoms with Crippen LogP contribution in [0, 0.1) is 11.8 Å². The first-order chi connectivity index (χ1) is 11.1. The van der Waals surface area contributed by atoms with Gasteiger partial charge in [-0.1, -0.05) is 12.8 Å². The van der Waals surface area contributed by atoms with Gasteiger partial charge in [0.15, 0.2) is 0 Å². The van der Waals surface area contributed by atoms with Gasteiger partial charge in [-0.05, 0) is 12.8 Å². The van der Waals surface area contributed by atoms with Crippen molar-refractivity contribution in [1.29, 1.82) is 0 Å². The van der Waals surface area contributed by atoms with Crippen LogP contribution in [0.5, 0.6) is 0 Å². The molecular weight excluding hydrogens is 304 g/mol. The van der Waals surface area contributed by atoms with E-state index in [0.717, 1.165) is 12.8 Å². The summed E-state index contributed by atoms with van der Waals surface area (Å²) in [5, 5.41) is 0. The fourth-order valence-corrected chi connectivity index (χ4v) is 3.17. The molecule has 0 saturated heterocycles. The van der Waals surface area contributed by atoms with Gasteiger partial charge in [0.2, 0.25) is 0 Å². The van der Waals surface area contributed by atoms with Crippen molar-refractivity contribution in [1.82, 2.24) is 0 Å². The molecule has 1 saturated carbocycles. The molecule has 0 radical (unpaired) electrons. The monoisotopic (exact) mass is 322 g/mol. The van der Waals surface area contributed by atoms with Gasteiger partial charge in [0, 0.05) is 5.56 Å². The molecule has 0 unspecified atom stereocenters. The Morgan fingerprint density at radius 1 is 1.09 bits per heavy atom. The van der Waals surface area contributed by atoms with Gasteiger partial charge in [-0.25, -0.2) is 4.79 Å². The number of carbonyl (C=O) groups is 3.